The third-order valence-electron chi connectivity index (χ3n) is 1.65. The van der Waals surface area contributed by atoms with Crippen LogP contribution in [0.3, 0.4) is 0 Å². The van der Waals surface area contributed by atoms with Crippen molar-refractivity contribution < 1.29 is 17.9 Å². The number of hydrogen-bond donors (Lipinski definition) is 1. The second-order valence-electron chi connectivity index (χ2n) is 4.68. The minimum atomic E-state index is -3.71. The molecular weight excluding hydrogens is 278 g/mol. The molecule has 0 heterocycles. The second-order valence-corrected chi connectivity index (χ2v) is 7.50. The lowest BCUT2D eigenvalue weighted by atomic mass is 10.2. The fourth-order valence-corrected chi connectivity index (χ4v) is 2.23. The maximum absolute atomic E-state index is 11.5. The molecule has 0 aromatic rings. The Morgan fingerprint density at radius 1 is 1.44 bits per heavy atom. The summed E-state index contributed by atoms with van der Waals surface area (Å²) in [5.41, 5.74) is -0.648. The minimum Gasteiger partial charge on any atom is -0.444 e. The van der Waals surface area contributed by atoms with Gasteiger partial charge in [-0.3, -0.25) is 0 Å². The van der Waals surface area contributed by atoms with Gasteiger partial charge < -0.3 is 10.1 Å². The second kappa shape index (κ2) is 6.86. The number of carbonyl (C=O) groups is 1. The van der Waals surface area contributed by atoms with Gasteiger partial charge in [-0.25, -0.2) is 13.2 Å². The lowest BCUT2D eigenvalue weighted by Crippen LogP contribution is -2.41. The molecule has 0 saturated carbocycles. The molecule has 104 valence electrons. The van der Waals surface area contributed by atoms with E-state index in [9.17, 15) is 13.2 Å². The van der Waals surface area contributed by atoms with Gasteiger partial charge in [0.1, 0.15) is 5.60 Å². The highest BCUT2D eigenvalue weighted by Gasteiger charge is 2.22. The van der Waals surface area contributed by atoms with Crippen molar-refractivity contribution in [3.63, 3.8) is 0 Å². The average molecular weight is 296 g/mol. The monoisotopic (exact) mass is 295 g/mol. The molecule has 1 amide bonds. The summed E-state index contributed by atoms with van der Waals surface area (Å²) in [5.74, 6) is 4.93. The quantitative estimate of drug-likeness (QED) is 0.635. The van der Waals surface area contributed by atoms with Crippen LogP contribution in [-0.2, 0) is 13.8 Å². The summed E-state index contributed by atoms with van der Waals surface area (Å²) in [6, 6.07) is -0.685. The molecule has 0 saturated heterocycles. The van der Waals surface area contributed by atoms with Crippen molar-refractivity contribution in [3.8, 4) is 11.8 Å². The Balaban J connectivity index is 4.57. The molecule has 0 rings (SSSR count). The number of alkyl carbamates (subject to hydrolysis) is 1. The van der Waals surface area contributed by atoms with E-state index in [1.807, 2.05) is 0 Å². The topological polar surface area (TPSA) is 72.5 Å². The normalized spacial score (nSPS) is 13.2. The van der Waals surface area contributed by atoms with E-state index in [1.165, 1.54) is 0 Å². The number of amides is 1. The number of hydrogen-bond acceptors (Lipinski definition) is 4. The highest BCUT2D eigenvalue weighted by molar-refractivity contribution is 8.13. The summed E-state index contributed by atoms with van der Waals surface area (Å²) in [5, 5.41) is 2.44. The van der Waals surface area contributed by atoms with Gasteiger partial charge in [0.05, 0.1) is 11.8 Å². The maximum atomic E-state index is 11.5. The SMILES string of the molecule is CC#CCC(CS(=O)(=O)Cl)NC(=O)OC(C)(C)C. The Labute approximate surface area is 113 Å². The molecule has 0 aliphatic rings. The number of ether oxygens (including phenoxy) is 1. The summed E-state index contributed by atoms with van der Waals surface area (Å²) in [6.45, 7) is 6.77. The average Bonchev–Trinajstić information content (AvgIpc) is 2.08. The molecule has 1 atom stereocenters. The van der Waals surface area contributed by atoms with Crippen molar-refractivity contribution >= 4 is 25.8 Å². The van der Waals surface area contributed by atoms with Crippen LogP contribution in [0.4, 0.5) is 4.79 Å². The van der Waals surface area contributed by atoms with Crippen molar-refractivity contribution in [2.75, 3.05) is 5.75 Å². The zero-order valence-corrected chi connectivity index (χ0v) is 12.5. The van der Waals surface area contributed by atoms with Gasteiger partial charge in [-0.2, -0.15) is 0 Å². The van der Waals surface area contributed by atoms with E-state index in [0.29, 0.717) is 0 Å². The van der Waals surface area contributed by atoms with Crippen molar-refractivity contribution in [2.24, 2.45) is 0 Å². The Hall–Kier alpha value is -0.930. The van der Waals surface area contributed by atoms with E-state index in [0.717, 1.165) is 0 Å². The highest BCUT2D eigenvalue weighted by atomic mass is 35.7. The first-order chi connectivity index (χ1) is 8.03. The molecule has 0 aromatic carbocycles. The van der Waals surface area contributed by atoms with Gasteiger partial charge in [0.25, 0.3) is 0 Å². The third kappa shape index (κ3) is 10.2. The van der Waals surface area contributed by atoms with Gasteiger partial charge in [0.2, 0.25) is 9.05 Å². The van der Waals surface area contributed by atoms with Crippen LogP contribution in [-0.4, -0.2) is 31.9 Å². The summed E-state index contributed by atoms with van der Waals surface area (Å²) < 4.78 is 27.0. The number of rotatable bonds is 4. The largest absolute Gasteiger partial charge is 0.444 e. The Morgan fingerprint density at radius 3 is 2.39 bits per heavy atom. The predicted molar refractivity (Wildman–Crippen MR) is 70.9 cm³/mol. The van der Waals surface area contributed by atoms with Crippen LogP contribution in [0.1, 0.15) is 34.1 Å². The molecule has 1 unspecified atom stereocenters. The maximum Gasteiger partial charge on any atom is 0.407 e. The standard InChI is InChI=1S/C11H18ClNO4S/c1-5-6-7-9(8-18(12,15)16)13-10(14)17-11(2,3)4/h9H,7-8H2,1-4H3,(H,13,14). The highest BCUT2D eigenvalue weighted by Crippen LogP contribution is 2.08. The van der Waals surface area contributed by atoms with E-state index < -0.39 is 26.8 Å². The lowest BCUT2D eigenvalue weighted by molar-refractivity contribution is 0.0510. The summed E-state index contributed by atoms with van der Waals surface area (Å²) in [4.78, 5) is 11.5. The van der Waals surface area contributed by atoms with Crippen molar-refractivity contribution in [3.05, 3.63) is 0 Å². The van der Waals surface area contributed by atoms with Crippen LogP contribution in [0.5, 0.6) is 0 Å². The number of nitrogens with one attached hydrogen (secondary N) is 1. The molecule has 5 nitrogen and oxygen atoms in total. The molecule has 0 spiro atoms. The fourth-order valence-electron chi connectivity index (χ4n) is 1.09. The van der Waals surface area contributed by atoms with Crippen LogP contribution >= 0.6 is 10.7 Å². The van der Waals surface area contributed by atoms with Crippen LogP contribution < -0.4 is 5.32 Å². The molecule has 0 aromatic heterocycles. The van der Waals surface area contributed by atoms with Crippen molar-refractivity contribution in [1.29, 1.82) is 0 Å². The van der Waals surface area contributed by atoms with Crippen molar-refractivity contribution in [1.82, 2.24) is 5.32 Å². The molecule has 0 aliphatic carbocycles. The van der Waals surface area contributed by atoms with E-state index in [-0.39, 0.29) is 12.2 Å². The van der Waals surface area contributed by atoms with Crippen molar-refractivity contribution in [2.45, 2.75) is 45.8 Å². The number of halogens is 1. The summed E-state index contributed by atoms with van der Waals surface area (Å²) >= 11 is 0. The molecule has 0 bridgehead atoms. The first kappa shape index (κ1) is 17.1. The Bertz CT molecular complexity index is 442. The summed E-state index contributed by atoms with van der Waals surface area (Å²) in [6.07, 6.45) is -0.493. The molecule has 18 heavy (non-hydrogen) atoms. The smallest absolute Gasteiger partial charge is 0.407 e. The van der Waals surface area contributed by atoms with Gasteiger partial charge in [-0.1, -0.05) is 0 Å². The summed E-state index contributed by atoms with van der Waals surface area (Å²) in [7, 11) is 1.45. The van der Waals surface area contributed by atoms with Crippen LogP contribution in [0, 0.1) is 11.8 Å². The van der Waals surface area contributed by atoms with Gasteiger partial charge >= 0.3 is 6.09 Å². The van der Waals surface area contributed by atoms with Gasteiger partial charge in [0, 0.05) is 17.1 Å². The lowest BCUT2D eigenvalue weighted by Gasteiger charge is -2.22. The van der Waals surface area contributed by atoms with E-state index in [1.54, 1.807) is 27.7 Å². The van der Waals surface area contributed by atoms with E-state index >= 15 is 0 Å². The van der Waals surface area contributed by atoms with Crippen LogP contribution in [0.2, 0.25) is 0 Å². The van der Waals surface area contributed by atoms with Gasteiger partial charge in [-0.05, 0) is 27.7 Å². The van der Waals surface area contributed by atoms with Crippen LogP contribution in [0.25, 0.3) is 0 Å². The minimum absolute atomic E-state index is 0.196. The molecular formula is C11H18ClNO4S. The molecule has 7 heteroatoms. The molecule has 0 aliphatic heterocycles. The van der Waals surface area contributed by atoms with Crippen LogP contribution in [0.15, 0.2) is 0 Å². The number of carbonyl (C=O) groups excluding carboxylic acids is 1. The Kier molecular flexibility index (Phi) is 6.50. The Morgan fingerprint density at radius 2 is 2.00 bits per heavy atom. The predicted octanol–water partition coefficient (Wildman–Crippen LogP) is 1.86. The van der Waals surface area contributed by atoms with Gasteiger partial charge in [-0.15, -0.1) is 11.8 Å². The fraction of sp³-hybridized carbons (Fsp3) is 0.727. The zero-order valence-electron chi connectivity index (χ0n) is 10.9. The first-order valence-electron chi connectivity index (χ1n) is 5.35. The third-order valence-corrected chi connectivity index (χ3v) is 2.82. The van der Waals surface area contributed by atoms with E-state index in [4.69, 9.17) is 15.4 Å². The first-order valence-corrected chi connectivity index (χ1v) is 7.83. The molecule has 0 fully saturated rings. The zero-order chi connectivity index (χ0) is 14.4. The molecule has 1 N–H and O–H groups in total. The molecule has 0 radical (unpaired) electrons. The van der Waals surface area contributed by atoms with E-state index in [2.05, 4.69) is 17.2 Å². The van der Waals surface area contributed by atoms with Gasteiger partial charge in [0.15, 0.2) is 0 Å².